The summed E-state index contributed by atoms with van der Waals surface area (Å²) in [5.74, 6) is 0.421. The van der Waals surface area contributed by atoms with Gasteiger partial charge in [-0.05, 0) is 0 Å². The molecule has 1 fully saturated rings. The van der Waals surface area contributed by atoms with Crippen molar-refractivity contribution in [1.29, 1.82) is 0 Å². The number of anilines is 1. The highest BCUT2D eigenvalue weighted by atomic mass is 16.6. The molecule has 1 saturated heterocycles. The molecule has 0 bridgehead atoms. The summed E-state index contributed by atoms with van der Waals surface area (Å²) in [5, 5.41) is 18.7. The molecule has 1 aromatic heterocycles. The SMILES string of the molecule is O=c1nc2c(cn1[C@H]1C[C@@H](O)[C@@H](CO)O1)CCON2. The third-order valence-electron chi connectivity index (χ3n) is 3.36. The minimum atomic E-state index is -0.778. The Bertz CT molecular complexity index is 532. The Morgan fingerprint density at radius 1 is 1.58 bits per heavy atom. The molecular weight excluding hydrogens is 254 g/mol. The molecule has 2 aliphatic rings. The predicted octanol–water partition coefficient (Wildman–Crippen LogP) is -1.22. The van der Waals surface area contributed by atoms with Crippen molar-refractivity contribution in [2.24, 2.45) is 0 Å². The Balaban J connectivity index is 1.91. The van der Waals surface area contributed by atoms with Gasteiger partial charge < -0.3 is 14.9 Å². The van der Waals surface area contributed by atoms with Crippen LogP contribution in [-0.4, -0.2) is 45.2 Å². The van der Waals surface area contributed by atoms with Crippen LogP contribution in [0.4, 0.5) is 5.82 Å². The highest BCUT2D eigenvalue weighted by molar-refractivity contribution is 5.41. The Morgan fingerprint density at radius 2 is 2.42 bits per heavy atom. The molecule has 0 aliphatic carbocycles. The zero-order chi connectivity index (χ0) is 13.4. The van der Waals surface area contributed by atoms with Gasteiger partial charge in [-0.2, -0.15) is 4.98 Å². The Hall–Kier alpha value is -1.48. The van der Waals surface area contributed by atoms with Crippen LogP contribution >= 0.6 is 0 Å². The van der Waals surface area contributed by atoms with Gasteiger partial charge in [0, 0.05) is 24.6 Å². The van der Waals surface area contributed by atoms with Crippen LogP contribution in [0.25, 0.3) is 0 Å². The number of hydrogen-bond donors (Lipinski definition) is 3. The van der Waals surface area contributed by atoms with Crippen molar-refractivity contribution in [2.45, 2.75) is 31.3 Å². The van der Waals surface area contributed by atoms with Crippen molar-refractivity contribution in [2.75, 3.05) is 18.7 Å². The van der Waals surface area contributed by atoms with Gasteiger partial charge >= 0.3 is 5.69 Å². The molecule has 8 nitrogen and oxygen atoms in total. The van der Waals surface area contributed by atoms with Gasteiger partial charge in [-0.3, -0.25) is 9.40 Å². The van der Waals surface area contributed by atoms with Crippen LogP contribution in [0, 0.1) is 0 Å². The normalized spacial score (nSPS) is 29.9. The summed E-state index contributed by atoms with van der Waals surface area (Å²) in [5.41, 5.74) is 2.97. The van der Waals surface area contributed by atoms with Crippen molar-refractivity contribution >= 4 is 5.82 Å². The number of aliphatic hydroxyl groups is 2. The fraction of sp³-hybridized carbons (Fsp3) is 0.636. The molecule has 0 unspecified atom stereocenters. The molecule has 3 rings (SSSR count). The first-order chi connectivity index (χ1) is 9.19. The lowest BCUT2D eigenvalue weighted by atomic mass is 10.2. The maximum Gasteiger partial charge on any atom is 0.351 e. The fourth-order valence-corrected chi connectivity index (χ4v) is 2.32. The van der Waals surface area contributed by atoms with E-state index in [2.05, 4.69) is 10.5 Å². The molecule has 0 saturated carbocycles. The Morgan fingerprint density at radius 3 is 3.16 bits per heavy atom. The second-order valence-electron chi connectivity index (χ2n) is 4.62. The topological polar surface area (TPSA) is 106 Å². The van der Waals surface area contributed by atoms with Crippen molar-refractivity contribution in [3.8, 4) is 0 Å². The Kier molecular flexibility index (Phi) is 3.23. The van der Waals surface area contributed by atoms with Crippen LogP contribution in [0.5, 0.6) is 0 Å². The van der Waals surface area contributed by atoms with E-state index in [0.717, 1.165) is 5.56 Å². The highest BCUT2D eigenvalue weighted by Gasteiger charge is 2.35. The van der Waals surface area contributed by atoms with E-state index in [-0.39, 0.29) is 13.0 Å². The summed E-state index contributed by atoms with van der Waals surface area (Å²) in [6, 6.07) is 0. The fourth-order valence-electron chi connectivity index (χ4n) is 2.32. The van der Waals surface area contributed by atoms with Crippen molar-refractivity contribution in [3.05, 3.63) is 22.2 Å². The molecule has 0 amide bonds. The Labute approximate surface area is 108 Å². The number of aromatic nitrogens is 2. The molecule has 0 spiro atoms. The van der Waals surface area contributed by atoms with Gasteiger partial charge in [0.15, 0.2) is 5.82 Å². The predicted molar refractivity (Wildman–Crippen MR) is 63.4 cm³/mol. The van der Waals surface area contributed by atoms with Gasteiger partial charge in [-0.15, -0.1) is 0 Å². The van der Waals surface area contributed by atoms with E-state index in [9.17, 15) is 9.90 Å². The minimum Gasteiger partial charge on any atom is -0.394 e. The second kappa shape index (κ2) is 4.89. The van der Waals surface area contributed by atoms with Gasteiger partial charge in [0.1, 0.15) is 12.3 Å². The quantitative estimate of drug-likeness (QED) is 0.618. The summed E-state index contributed by atoms with van der Waals surface area (Å²) in [4.78, 5) is 20.8. The maximum atomic E-state index is 11.9. The average molecular weight is 269 g/mol. The first kappa shape index (κ1) is 12.5. The second-order valence-corrected chi connectivity index (χ2v) is 4.62. The zero-order valence-electron chi connectivity index (χ0n) is 10.2. The first-order valence-corrected chi connectivity index (χ1v) is 6.13. The average Bonchev–Trinajstić information content (AvgIpc) is 2.79. The largest absolute Gasteiger partial charge is 0.394 e. The van der Waals surface area contributed by atoms with Crippen LogP contribution in [-0.2, 0) is 16.0 Å². The van der Waals surface area contributed by atoms with Gasteiger partial charge in [-0.1, -0.05) is 0 Å². The van der Waals surface area contributed by atoms with Crippen molar-refractivity contribution < 1.29 is 19.8 Å². The highest BCUT2D eigenvalue weighted by Crippen LogP contribution is 2.28. The molecule has 104 valence electrons. The van der Waals surface area contributed by atoms with Gasteiger partial charge in [-0.25, -0.2) is 10.3 Å². The summed E-state index contributed by atoms with van der Waals surface area (Å²) >= 11 is 0. The molecule has 8 heteroatoms. The number of ether oxygens (including phenoxy) is 1. The van der Waals surface area contributed by atoms with Crippen molar-refractivity contribution in [3.63, 3.8) is 0 Å². The third-order valence-corrected chi connectivity index (χ3v) is 3.36. The molecular formula is C11H15N3O5. The van der Waals surface area contributed by atoms with Gasteiger partial charge in [0.2, 0.25) is 0 Å². The molecule has 2 aliphatic heterocycles. The molecule has 0 aromatic carbocycles. The van der Waals surface area contributed by atoms with Crippen LogP contribution in [0.15, 0.2) is 11.0 Å². The summed E-state index contributed by atoms with van der Waals surface area (Å²) < 4.78 is 6.80. The van der Waals surface area contributed by atoms with E-state index in [1.165, 1.54) is 4.57 Å². The van der Waals surface area contributed by atoms with Crippen LogP contribution in [0.3, 0.4) is 0 Å². The molecule has 3 atom stereocenters. The summed E-state index contributed by atoms with van der Waals surface area (Å²) in [6.07, 6.45) is 0.537. The number of nitrogens with one attached hydrogen (secondary N) is 1. The molecule has 3 heterocycles. The summed E-state index contributed by atoms with van der Waals surface area (Å²) in [6.45, 7) is 0.223. The number of nitrogens with zero attached hydrogens (tertiary/aromatic N) is 2. The lowest BCUT2D eigenvalue weighted by molar-refractivity contribution is -0.0460. The third kappa shape index (κ3) is 2.23. The molecule has 19 heavy (non-hydrogen) atoms. The zero-order valence-corrected chi connectivity index (χ0v) is 10.2. The number of fused-ring (bicyclic) bond motifs is 1. The van der Waals surface area contributed by atoms with E-state index >= 15 is 0 Å². The van der Waals surface area contributed by atoms with Gasteiger partial charge in [0.25, 0.3) is 0 Å². The van der Waals surface area contributed by atoms with E-state index in [0.29, 0.717) is 18.8 Å². The molecule has 3 N–H and O–H groups in total. The molecule has 1 aromatic rings. The maximum absolute atomic E-state index is 11.9. The van der Waals surface area contributed by atoms with Crippen LogP contribution in [0.2, 0.25) is 0 Å². The monoisotopic (exact) mass is 269 g/mol. The van der Waals surface area contributed by atoms with Crippen LogP contribution < -0.4 is 11.2 Å². The smallest absolute Gasteiger partial charge is 0.351 e. The lowest BCUT2D eigenvalue weighted by Crippen LogP contribution is -2.31. The van der Waals surface area contributed by atoms with Crippen LogP contribution in [0.1, 0.15) is 18.2 Å². The number of aliphatic hydroxyl groups excluding tert-OH is 2. The molecule has 0 radical (unpaired) electrons. The summed E-state index contributed by atoms with van der Waals surface area (Å²) in [7, 11) is 0. The lowest BCUT2D eigenvalue weighted by Gasteiger charge is -2.20. The van der Waals surface area contributed by atoms with Crippen molar-refractivity contribution in [1.82, 2.24) is 9.55 Å². The van der Waals surface area contributed by atoms with E-state index in [1.54, 1.807) is 6.20 Å². The van der Waals surface area contributed by atoms with E-state index in [4.69, 9.17) is 14.7 Å². The number of rotatable bonds is 2. The van der Waals surface area contributed by atoms with E-state index < -0.39 is 24.1 Å². The standard InChI is InChI=1S/C11H15N3O5/c15-5-8-7(16)3-9(19-8)14-4-6-1-2-18-13-10(6)12-11(14)17/h4,7-9,15-16H,1-3,5H2,(H,12,13,17)/t7-,8-,9-/m1/s1. The van der Waals surface area contributed by atoms with Gasteiger partial charge in [0.05, 0.1) is 19.3 Å². The van der Waals surface area contributed by atoms with E-state index in [1.807, 2.05) is 0 Å². The minimum absolute atomic E-state index is 0.259. The number of hydrogen-bond acceptors (Lipinski definition) is 7. The first-order valence-electron chi connectivity index (χ1n) is 6.13.